The number of aromatic nitrogens is 6. The molecule has 1 unspecified atom stereocenters. The van der Waals surface area contributed by atoms with E-state index < -0.39 is 0 Å². The minimum absolute atomic E-state index is 0.0179. The van der Waals surface area contributed by atoms with E-state index in [1.54, 1.807) is 41.7 Å². The van der Waals surface area contributed by atoms with Crippen LogP contribution in [0.4, 0.5) is 11.5 Å². The molecule has 2 aliphatic heterocycles. The van der Waals surface area contributed by atoms with Crippen LogP contribution in [0.25, 0.3) is 17.5 Å². The van der Waals surface area contributed by atoms with Gasteiger partial charge in [0.25, 0.3) is 0 Å². The lowest BCUT2D eigenvalue weighted by atomic mass is 10.0. The van der Waals surface area contributed by atoms with Gasteiger partial charge in [-0.1, -0.05) is 6.92 Å². The SMILES string of the molecule is CCC1C(=O)Nc2cnc(-n3ccnc3-c3cnccn3)nc2N1C1CCOCC1. The molecule has 3 aromatic rings. The third-order valence-corrected chi connectivity index (χ3v) is 5.52. The fraction of sp³-hybridized carbons (Fsp3) is 0.400. The predicted molar refractivity (Wildman–Crippen MR) is 109 cm³/mol. The number of carbonyl (C=O) groups is 1. The molecule has 5 heterocycles. The monoisotopic (exact) mass is 406 g/mol. The van der Waals surface area contributed by atoms with E-state index in [1.807, 2.05) is 6.92 Å². The Balaban J connectivity index is 1.59. The van der Waals surface area contributed by atoms with Crippen LogP contribution >= 0.6 is 0 Å². The summed E-state index contributed by atoms with van der Waals surface area (Å²) in [7, 11) is 0. The Morgan fingerprint density at radius 3 is 2.77 bits per heavy atom. The Labute approximate surface area is 173 Å². The highest BCUT2D eigenvalue weighted by Crippen LogP contribution is 2.35. The van der Waals surface area contributed by atoms with Crippen molar-refractivity contribution in [2.45, 2.75) is 38.3 Å². The van der Waals surface area contributed by atoms with Crippen molar-refractivity contribution < 1.29 is 9.53 Å². The standard InChI is InChI=1S/C20H22N8O2/c1-2-16-19(29)25-15-12-24-20(26-18(15)28(16)13-3-9-30-10-4-13)27-8-7-23-17(27)14-11-21-5-6-22-14/h5-8,11-13,16H,2-4,9-10H2,1H3,(H,25,29). The number of ether oxygens (including phenoxy) is 1. The van der Waals surface area contributed by atoms with Gasteiger partial charge in [0.15, 0.2) is 11.6 Å². The van der Waals surface area contributed by atoms with Gasteiger partial charge in [0.05, 0.1) is 12.4 Å². The quantitative estimate of drug-likeness (QED) is 0.699. The number of amides is 1. The highest BCUT2D eigenvalue weighted by molar-refractivity contribution is 6.02. The van der Waals surface area contributed by atoms with Gasteiger partial charge in [0.1, 0.15) is 17.4 Å². The second-order valence-electron chi connectivity index (χ2n) is 7.28. The summed E-state index contributed by atoms with van der Waals surface area (Å²) in [4.78, 5) is 37.1. The second-order valence-corrected chi connectivity index (χ2v) is 7.28. The summed E-state index contributed by atoms with van der Waals surface area (Å²) < 4.78 is 7.32. The molecule has 1 N–H and O–H groups in total. The first-order valence-corrected chi connectivity index (χ1v) is 10.1. The number of nitrogens with zero attached hydrogens (tertiary/aromatic N) is 7. The van der Waals surface area contributed by atoms with Gasteiger partial charge in [-0.3, -0.25) is 14.3 Å². The van der Waals surface area contributed by atoms with Gasteiger partial charge in [-0.05, 0) is 19.3 Å². The topological polar surface area (TPSA) is 111 Å². The third kappa shape index (κ3) is 3.18. The molecule has 1 amide bonds. The number of carbonyl (C=O) groups excluding carboxylic acids is 1. The first-order valence-electron chi connectivity index (χ1n) is 10.1. The summed E-state index contributed by atoms with van der Waals surface area (Å²) >= 11 is 0. The summed E-state index contributed by atoms with van der Waals surface area (Å²) in [6.07, 6.45) is 12.4. The number of rotatable bonds is 4. The number of nitrogens with one attached hydrogen (secondary N) is 1. The van der Waals surface area contributed by atoms with Gasteiger partial charge in [0.2, 0.25) is 11.9 Å². The van der Waals surface area contributed by atoms with E-state index in [9.17, 15) is 4.79 Å². The van der Waals surface area contributed by atoms with E-state index >= 15 is 0 Å². The van der Waals surface area contributed by atoms with E-state index in [-0.39, 0.29) is 18.0 Å². The molecule has 0 radical (unpaired) electrons. The minimum Gasteiger partial charge on any atom is -0.381 e. The summed E-state index contributed by atoms with van der Waals surface area (Å²) in [5, 5.41) is 2.96. The largest absolute Gasteiger partial charge is 0.381 e. The van der Waals surface area contributed by atoms with Gasteiger partial charge in [-0.15, -0.1) is 0 Å². The van der Waals surface area contributed by atoms with E-state index in [0.29, 0.717) is 42.8 Å². The number of hydrogen-bond donors (Lipinski definition) is 1. The molecule has 10 heteroatoms. The Morgan fingerprint density at radius 2 is 2.00 bits per heavy atom. The van der Waals surface area contributed by atoms with Crippen LogP contribution in [0.5, 0.6) is 0 Å². The highest BCUT2D eigenvalue weighted by Gasteiger charge is 2.38. The van der Waals surface area contributed by atoms with E-state index in [0.717, 1.165) is 18.7 Å². The van der Waals surface area contributed by atoms with Crippen molar-refractivity contribution in [2.24, 2.45) is 0 Å². The fourth-order valence-electron chi connectivity index (χ4n) is 4.10. The lowest BCUT2D eigenvalue weighted by Crippen LogP contribution is -2.54. The molecule has 0 spiro atoms. The maximum absolute atomic E-state index is 12.7. The zero-order valence-electron chi connectivity index (χ0n) is 16.6. The molecule has 154 valence electrons. The molecule has 1 atom stereocenters. The normalized spacial score (nSPS) is 19.4. The van der Waals surface area contributed by atoms with E-state index in [1.165, 1.54) is 0 Å². The lowest BCUT2D eigenvalue weighted by Gasteiger charge is -2.43. The van der Waals surface area contributed by atoms with E-state index in [2.05, 4.69) is 30.2 Å². The van der Waals surface area contributed by atoms with Crippen molar-refractivity contribution >= 4 is 17.4 Å². The third-order valence-electron chi connectivity index (χ3n) is 5.52. The molecule has 10 nitrogen and oxygen atoms in total. The summed E-state index contributed by atoms with van der Waals surface area (Å²) in [5.41, 5.74) is 1.26. The fourth-order valence-corrected chi connectivity index (χ4v) is 4.10. The minimum atomic E-state index is -0.273. The zero-order valence-corrected chi connectivity index (χ0v) is 16.6. The molecule has 30 heavy (non-hydrogen) atoms. The van der Waals surface area contributed by atoms with Crippen molar-refractivity contribution in [2.75, 3.05) is 23.4 Å². The first-order chi connectivity index (χ1) is 14.8. The molecule has 3 aromatic heterocycles. The number of fused-ring (bicyclic) bond motifs is 1. The number of imidazole rings is 1. The van der Waals surface area contributed by atoms with Crippen LogP contribution in [0.15, 0.2) is 37.2 Å². The van der Waals surface area contributed by atoms with Crippen molar-refractivity contribution in [3.63, 3.8) is 0 Å². The van der Waals surface area contributed by atoms with Crippen LogP contribution in [0.1, 0.15) is 26.2 Å². The molecule has 1 saturated heterocycles. The van der Waals surface area contributed by atoms with Crippen molar-refractivity contribution in [1.82, 2.24) is 29.5 Å². The van der Waals surface area contributed by atoms with Crippen LogP contribution < -0.4 is 10.2 Å². The Bertz CT molecular complexity index is 1050. The Kier molecular flexibility index (Phi) is 4.83. The highest BCUT2D eigenvalue weighted by atomic mass is 16.5. The molecular weight excluding hydrogens is 384 g/mol. The van der Waals surface area contributed by atoms with Crippen LogP contribution in [-0.4, -0.2) is 60.7 Å². The predicted octanol–water partition coefficient (Wildman–Crippen LogP) is 1.84. The van der Waals surface area contributed by atoms with Crippen molar-refractivity contribution in [1.29, 1.82) is 0 Å². The summed E-state index contributed by atoms with van der Waals surface area (Å²) in [6.45, 7) is 3.39. The average molecular weight is 406 g/mol. The van der Waals surface area contributed by atoms with Crippen molar-refractivity contribution in [3.8, 4) is 17.5 Å². The molecule has 5 rings (SSSR count). The van der Waals surface area contributed by atoms with Crippen LogP contribution in [0.2, 0.25) is 0 Å². The smallest absolute Gasteiger partial charge is 0.247 e. The van der Waals surface area contributed by atoms with Gasteiger partial charge < -0.3 is 15.0 Å². The molecule has 2 aliphatic rings. The van der Waals surface area contributed by atoms with Gasteiger partial charge in [0, 0.05) is 44.0 Å². The Morgan fingerprint density at radius 1 is 1.13 bits per heavy atom. The van der Waals surface area contributed by atoms with E-state index in [4.69, 9.17) is 9.72 Å². The summed E-state index contributed by atoms with van der Waals surface area (Å²) in [6, 6.07) is -0.0795. The van der Waals surface area contributed by atoms with Crippen molar-refractivity contribution in [3.05, 3.63) is 37.2 Å². The molecule has 0 bridgehead atoms. The van der Waals surface area contributed by atoms with Gasteiger partial charge >= 0.3 is 0 Å². The molecular formula is C20H22N8O2. The van der Waals surface area contributed by atoms with Gasteiger partial charge in [-0.25, -0.2) is 15.0 Å². The molecule has 0 aromatic carbocycles. The van der Waals surface area contributed by atoms with Gasteiger partial charge in [-0.2, -0.15) is 4.98 Å². The molecule has 1 fully saturated rings. The number of hydrogen-bond acceptors (Lipinski definition) is 8. The van der Waals surface area contributed by atoms with Crippen LogP contribution in [0.3, 0.4) is 0 Å². The Hall–Kier alpha value is -3.40. The average Bonchev–Trinajstić information content (AvgIpc) is 3.29. The summed E-state index contributed by atoms with van der Waals surface area (Å²) in [5.74, 6) is 1.79. The lowest BCUT2D eigenvalue weighted by molar-refractivity contribution is -0.118. The maximum Gasteiger partial charge on any atom is 0.247 e. The molecule has 0 aliphatic carbocycles. The van der Waals surface area contributed by atoms with Crippen LogP contribution in [0, 0.1) is 0 Å². The number of anilines is 2. The maximum atomic E-state index is 12.7. The first kappa shape index (κ1) is 18.6. The second kappa shape index (κ2) is 7.79. The van der Waals surface area contributed by atoms with Crippen LogP contribution in [-0.2, 0) is 9.53 Å². The zero-order chi connectivity index (χ0) is 20.5. The molecule has 0 saturated carbocycles.